The Labute approximate surface area is 93.2 Å². The Morgan fingerprint density at radius 3 is 2.43 bits per heavy atom. The van der Waals surface area contributed by atoms with Gasteiger partial charge in [0.25, 0.3) is 0 Å². The second kappa shape index (κ2) is 3.68. The van der Waals surface area contributed by atoms with E-state index in [9.17, 15) is 0 Å². The minimum atomic E-state index is 0. The first-order valence-corrected chi connectivity index (χ1v) is 6.01. The molecule has 0 radical (unpaired) electrons. The highest BCUT2D eigenvalue weighted by molar-refractivity contribution is 5.85. The Kier molecular flexibility index (Phi) is 2.83. The molecule has 3 aliphatic rings. The molecule has 82 valence electrons. The van der Waals surface area contributed by atoms with Crippen LogP contribution >= 0.6 is 12.4 Å². The highest BCUT2D eigenvalue weighted by Gasteiger charge is 2.50. The fourth-order valence-corrected chi connectivity index (χ4v) is 4.76. The number of rotatable bonds is 1. The van der Waals surface area contributed by atoms with Crippen molar-refractivity contribution < 1.29 is 0 Å². The topological polar surface area (TPSA) is 26.0 Å². The van der Waals surface area contributed by atoms with Gasteiger partial charge in [0.15, 0.2) is 0 Å². The van der Waals surface area contributed by atoms with Gasteiger partial charge in [0.1, 0.15) is 0 Å². The Morgan fingerprint density at radius 2 is 1.71 bits per heavy atom. The van der Waals surface area contributed by atoms with Crippen LogP contribution in [0.4, 0.5) is 0 Å². The summed E-state index contributed by atoms with van der Waals surface area (Å²) >= 11 is 0. The first-order valence-electron chi connectivity index (χ1n) is 6.01. The standard InChI is InChI=1S/C12H21N.ClH/c1-7(13)12-10-3-2-9-4-8(5-10)6-11(9)12;/h7-12H,2-6,13H2,1H3;1H. The number of fused-ring (bicyclic) bond motifs is 2. The van der Waals surface area contributed by atoms with Crippen molar-refractivity contribution in [2.24, 2.45) is 35.3 Å². The molecule has 0 aromatic rings. The predicted octanol–water partition coefficient (Wildman–Crippen LogP) is 2.83. The molecule has 0 heterocycles. The Hall–Kier alpha value is 0.250. The van der Waals surface area contributed by atoms with Crippen molar-refractivity contribution in [3.05, 3.63) is 0 Å². The van der Waals surface area contributed by atoms with Crippen molar-refractivity contribution >= 4 is 12.4 Å². The molecule has 3 aliphatic carbocycles. The van der Waals surface area contributed by atoms with Gasteiger partial charge in [-0.25, -0.2) is 0 Å². The fourth-order valence-electron chi connectivity index (χ4n) is 4.76. The maximum absolute atomic E-state index is 6.14. The van der Waals surface area contributed by atoms with Crippen LogP contribution in [0.3, 0.4) is 0 Å². The molecule has 0 amide bonds. The maximum atomic E-state index is 6.14. The monoisotopic (exact) mass is 215 g/mol. The van der Waals surface area contributed by atoms with E-state index in [2.05, 4.69) is 6.92 Å². The van der Waals surface area contributed by atoms with E-state index in [1.807, 2.05) is 0 Å². The van der Waals surface area contributed by atoms with Crippen LogP contribution in [-0.4, -0.2) is 6.04 Å². The smallest absolute Gasteiger partial charge is 0.00441 e. The highest BCUT2D eigenvalue weighted by Crippen LogP contribution is 2.58. The Balaban J connectivity index is 0.000000750. The quantitative estimate of drug-likeness (QED) is 0.716. The van der Waals surface area contributed by atoms with E-state index < -0.39 is 0 Å². The molecule has 3 rings (SSSR count). The summed E-state index contributed by atoms with van der Waals surface area (Å²) < 4.78 is 0. The van der Waals surface area contributed by atoms with Crippen molar-refractivity contribution in [3.63, 3.8) is 0 Å². The summed E-state index contributed by atoms with van der Waals surface area (Å²) in [6.45, 7) is 2.23. The van der Waals surface area contributed by atoms with Gasteiger partial charge in [0.2, 0.25) is 0 Å². The Bertz CT molecular complexity index is 216. The number of hydrogen-bond acceptors (Lipinski definition) is 1. The lowest BCUT2D eigenvalue weighted by Crippen LogP contribution is -2.43. The van der Waals surface area contributed by atoms with Crippen LogP contribution in [0.2, 0.25) is 0 Å². The van der Waals surface area contributed by atoms with Gasteiger partial charge in [-0.2, -0.15) is 0 Å². The third-order valence-electron chi connectivity index (χ3n) is 5.04. The summed E-state index contributed by atoms with van der Waals surface area (Å²) in [6, 6.07) is 0.455. The highest BCUT2D eigenvalue weighted by atomic mass is 35.5. The van der Waals surface area contributed by atoms with E-state index in [1.54, 1.807) is 6.42 Å². The third kappa shape index (κ3) is 1.40. The SMILES string of the molecule is CC(N)C1C2CCC3CC(C2)CC31.Cl. The molecular weight excluding hydrogens is 194 g/mol. The zero-order valence-corrected chi connectivity index (χ0v) is 9.80. The molecule has 3 saturated carbocycles. The summed E-state index contributed by atoms with van der Waals surface area (Å²) in [5.74, 6) is 5.08. The van der Waals surface area contributed by atoms with Gasteiger partial charge in [0.05, 0.1) is 0 Å². The molecule has 6 atom stereocenters. The summed E-state index contributed by atoms with van der Waals surface area (Å²) in [5.41, 5.74) is 6.14. The molecule has 0 aliphatic heterocycles. The lowest BCUT2D eigenvalue weighted by atomic mass is 9.62. The number of hydrogen-bond donors (Lipinski definition) is 1. The van der Waals surface area contributed by atoms with Crippen LogP contribution in [0.5, 0.6) is 0 Å². The zero-order valence-electron chi connectivity index (χ0n) is 8.99. The van der Waals surface area contributed by atoms with Crippen LogP contribution in [-0.2, 0) is 0 Å². The minimum Gasteiger partial charge on any atom is -0.328 e. The van der Waals surface area contributed by atoms with Crippen LogP contribution in [0, 0.1) is 29.6 Å². The van der Waals surface area contributed by atoms with E-state index >= 15 is 0 Å². The molecule has 0 aromatic heterocycles. The predicted molar refractivity (Wildman–Crippen MR) is 61.4 cm³/mol. The van der Waals surface area contributed by atoms with Crippen LogP contribution in [0.15, 0.2) is 0 Å². The van der Waals surface area contributed by atoms with Crippen LogP contribution < -0.4 is 5.73 Å². The summed E-state index contributed by atoms with van der Waals surface area (Å²) in [6.07, 6.45) is 7.59. The van der Waals surface area contributed by atoms with Crippen molar-refractivity contribution in [2.75, 3.05) is 0 Å². The van der Waals surface area contributed by atoms with E-state index in [-0.39, 0.29) is 12.4 Å². The lowest BCUT2D eigenvalue weighted by Gasteiger charge is -2.44. The van der Waals surface area contributed by atoms with Crippen molar-refractivity contribution in [2.45, 2.75) is 45.1 Å². The number of halogens is 1. The van der Waals surface area contributed by atoms with Crippen molar-refractivity contribution in [1.82, 2.24) is 0 Å². The van der Waals surface area contributed by atoms with Gasteiger partial charge < -0.3 is 5.73 Å². The third-order valence-corrected chi connectivity index (χ3v) is 5.04. The molecule has 2 N–H and O–H groups in total. The zero-order chi connectivity index (χ0) is 9.00. The van der Waals surface area contributed by atoms with E-state index in [0.29, 0.717) is 6.04 Å². The molecule has 3 fully saturated rings. The van der Waals surface area contributed by atoms with Crippen LogP contribution in [0.1, 0.15) is 39.0 Å². The molecule has 0 spiro atoms. The fraction of sp³-hybridized carbons (Fsp3) is 1.00. The second-order valence-electron chi connectivity index (χ2n) is 5.77. The molecule has 0 saturated heterocycles. The molecular formula is C12H22ClN. The molecule has 1 nitrogen and oxygen atoms in total. The first kappa shape index (κ1) is 10.8. The lowest BCUT2D eigenvalue weighted by molar-refractivity contribution is 0.0663. The van der Waals surface area contributed by atoms with Gasteiger partial charge >= 0.3 is 0 Å². The van der Waals surface area contributed by atoms with E-state index in [0.717, 1.165) is 29.6 Å². The van der Waals surface area contributed by atoms with Crippen LogP contribution in [0.25, 0.3) is 0 Å². The Morgan fingerprint density at radius 1 is 1.07 bits per heavy atom. The van der Waals surface area contributed by atoms with Crippen molar-refractivity contribution in [1.29, 1.82) is 0 Å². The molecule has 2 heteroatoms. The molecule has 0 aromatic carbocycles. The van der Waals surface area contributed by atoms with Gasteiger partial charge in [-0.3, -0.25) is 0 Å². The molecule has 6 unspecified atom stereocenters. The van der Waals surface area contributed by atoms with E-state index in [1.165, 1.54) is 25.7 Å². The van der Waals surface area contributed by atoms with Gasteiger partial charge in [0, 0.05) is 6.04 Å². The average molecular weight is 216 g/mol. The maximum Gasteiger partial charge on any atom is 0.00441 e. The summed E-state index contributed by atoms with van der Waals surface area (Å²) in [4.78, 5) is 0. The second-order valence-corrected chi connectivity index (χ2v) is 5.77. The summed E-state index contributed by atoms with van der Waals surface area (Å²) in [7, 11) is 0. The van der Waals surface area contributed by atoms with Gasteiger partial charge in [-0.05, 0) is 68.6 Å². The largest absolute Gasteiger partial charge is 0.328 e. The molecule has 14 heavy (non-hydrogen) atoms. The minimum absolute atomic E-state index is 0. The van der Waals surface area contributed by atoms with Gasteiger partial charge in [-0.1, -0.05) is 0 Å². The normalized spacial score (nSPS) is 51.4. The van der Waals surface area contributed by atoms with Gasteiger partial charge in [-0.15, -0.1) is 12.4 Å². The average Bonchev–Trinajstić information content (AvgIpc) is 2.27. The summed E-state index contributed by atoms with van der Waals surface area (Å²) in [5, 5.41) is 0. The van der Waals surface area contributed by atoms with Crippen molar-refractivity contribution in [3.8, 4) is 0 Å². The molecule has 3 bridgehead atoms. The first-order chi connectivity index (χ1) is 6.25. The van der Waals surface area contributed by atoms with E-state index in [4.69, 9.17) is 5.73 Å². The number of nitrogens with two attached hydrogens (primary N) is 1.